The van der Waals surface area contributed by atoms with E-state index in [4.69, 9.17) is 0 Å². The van der Waals surface area contributed by atoms with Crippen molar-refractivity contribution in [1.29, 1.82) is 0 Å². The van der Waals surface area contributed by atoms with Crippen molar-refractivity contribution < 1.29 is 27.6 Å². The second kappa shape index (κ2) is 7.75. The first-order chi connectivity index (χ1) is 14.7. The molecule has 0 spiro atoms. The Kier molecular flexibility index (Phi) is 5.23. The highest BCUT2D eigenvalue weighted by molar-refractivity contribution is 7.89. The summed E-state index contributed by atoms with van der Waals surface area (Å²) < 4.78 is 43.6. The molecule has 1 aliphatic carbocycles. The molecule has 0 radical (unpaired) electrons. The van der Waals surface area contributed by atoms with E-state index in [0.717, 1.165) is 23.4 Å². The summed E-state index contributed by atoms with van der Waals surface area (Å²) in [4.78, 5) is 21.4. The number of halogens is 1. The van der Waals surface area contributed by atoms with E-state index in [2.05, 4.69) is 4.72 Å². The van der Waals surface area contributed by atoms with E-state index < -0.39 is 32.8 Å². The van der Waals surface area contributed by atoms with E-state index in [1.165, 1.54) is 30.3 Å². The molecule has 0 saturated carbocycles. The van der Waals surface area contributed by atoms with Crippen LogP contribution in [0.4, 0.5) is 10.1 Å². The second-order valence-electron chi connectivity index (χ2n) is 7.38. The average molecular weight is 447 g/mol. The van der Waals surface area contributed by atoms with Crippen molar-refractivity contribution in [2.75, 3.05) is 0 Å². The van der Waals surface area contributed by atoms with Crippen molar-refractivity contribution in [3.05, 3.63) is 69.7 Å². The summed E-state index contributed by atoms with van der Waals surface area (Å²) in [6, 6.07) is 8.22. The van der Waals surface area contributed by atoms with Gasteiger partial charge in [0.2, 0.25) is 10.0 Å². The number of carboxylic acid groups (broad SMARTS) is 1. The number of carbonyl (C=O) groups is 1. The van der Waals surface area contributed by atoms with Crippen LogP contribution >= 0.6 is 0 Å². The Morgan fingerprint density at radius 3 is 2.61 bits per heavy atom. The summed E-state index contributed by atoms with van der Waals surface area (Å²) in [5.41, 5.74) is 1.86. The molecule has 1 atom stereocenters. The number of rotatable bonds is 6. The Hall–Kier alpha value is -3.31. The predicted octanol–water partition coefficient (Wildman–Crippen LogP) is 2.61. The Bertz CT molecular complexity index is 1300. The molecule has 2 N–H and O–H groups in total. The molecule has 4 rings (SSSR count). The molecule has 0 saturated heterocycles. The molecule has 3 aromatic rings. The molecule has 2 aromatic carbocycles. The molecule has 162 valence electrons. The van der Waals surface area contributed by atoms with Gasteiger partial charge < -0.3 is 9.67 Å². The third-order valence-corrected chi connectivity index (χ3v) is 6.94. The molecule has 0 fully saturated rings. The Morgan fingerprint density at radius 1 is 1.26 bits per heavy atom. The lowest BCUT2D eigenvalue weighted by Gasteiger charge is -2.24. The van der Waals surface area contributed by atoms with Gasteiger partial charge in [0.1, 0.15) is 12.4 Å². The molecule has 1 unspecified atom stereocenters. The zero-order valence-corrected chi connectivity index (χ0v) is 16.9. The molecule has 9 nitrogen and oxygen atoms in total. The lowest BCUT2D eigenvalue weighted by atomic mass is 9.92. The van der Waals surface area contributed by atoms with Gasteiger partial charge in [0.05, 0.1) is 9.82 Å². The number of non-ortho nitro benzene ring substituents is 1. The molecule has 0 aliphatic heterocycles. The van der Waals surface area contributed by atoms with Crippen LogP contribution in [0.5, 0.6) is 0 Å². The minimum atomic E-state index is -3.93. The average Bonchev–Trinajstić information content (AvgIpc) is 2.99. The number of carboxylic acids is 1. The van der Waals surface area contributed by atoms with Gasteiger partial charge in [0.15, 0.2) is 0 Å². The zero-order chi connectivity index (χ0) is 22.3. The van der Waals surface area contributed by atoms with Crippen LogP contribution in [0.1, 0.15) is 17.7 Å². The minimum Gasteiger partial charge on any atom is -0.480 e. The van der Waals surface area contributed by atoms with Gasteiger partial charge in [0, 0.05) is 34.8 Å². The number of fused-ring (bicyclic) bond motifs is 3. The quantitative estimate of drug-likeness (QED) is 0.441. The number of nitrogens with zero attached hydrogens (tertiary/aromatic N) is 2. The SMILES string of the molecule is O=C(O)Cn1c2c(c3cc(F)ccc31)CC(NS(=O)(=O)c1ccc([N+](=O)[O-])cc1)CC2. The van der Waals surface area contributed by atoms with Crippen molar-refractivity contribution in [1.82, 2.24) is 9.29 Å². The van der Waals surface area contributed by atoms with Gasteiger partial charge in [-0.05, 0) is 55.2 Å². The monoisotopic (exact) mass is 447 g/mol. The van der Waals surface area contributed by atoms with Crippen molar-refractivity contribution in [3.63, 3.8) is 0 Å². The first-order valence-corrected chi connectivity index (χ1v) is 10.9. The molecular weight excluding hydrogens is 429 g/mol. The van der Waals surface area contributed by atoms with Crippen LogP contribution in [0.2, 0.25) is 0 Å². The predicted molar refractivity (Wildman–Crippen MR) is 109 cm³/mol. The van der Waals surface area contributed by atoms with Crippen LogP contribution < -0.4 is 4.72 Å². The van der Waals surface area contributed by atoms with Gasteiger partial charge in [-0.15, -0.1) is 0 Å². The first kappa shape index (κ1) is 20.9. The number of sulfonamides is 1. The van der Waals surface area contributed by atoms with E-state index in [1.54, 1.807) is 4.57 Å². The minimum absolute atomic E-state index is 0.0942. The maximum Gasteiger partial charge on any atom is 0.323 e. The van der Waals surface area contributed by atoms with Crippen molar-refractivity contribution in [2.45, 2.75) is 36.7 Å². The van der Waals surface area contributed by atoms with Crippen molar-refractivity contribution in [3.8, 4) is 0 Å². The van der Waals surface area contributed by atoms with Gasteiger partial charge in [-0.2, -0.15) is 0 Å². The molecule has 0 bridgehead atoms. The fourth-order valence-corrected chi connectivity index (χ4v) is 5.34. The Balaban J connectivity index is 1.64. The van der Waals surface area contributed by atoms with Crippen LogP contribution in [0.15, 0.2) is 47.4 Å². The molecule has 31 heavy (non-hydrogen) atoms. The van der Waals surface area contributed by atoms with Crippen molar-refractivity contribution in [2.24, 2.45) is 0 Å². The van der Waals surface area contributed by atoms with Gasteiger partial charge >= 0.3 is 5.97 Å². The number of benzene rings is 2. The van der Waals surface area contributed by atoms with Gasteiger partial charge in [-0.1, -0.05) is 0 Å². The van der Waals surface area contributed by atoms with E-state index in [1.807, 2.05) is 0 Å². The van der Waals surface area contributed by atoms with Gasteiger partial charge in [0.25, 0.3) is 5.69 Å². The van der Waals surface area contributed by atoms with E-state index >= 15 is 0 Å². The van der Waals surface area contributed by atoms with Crippen LogP contribution in [-0.2, 0) is 34.2 Å². The highest BCUT2D eigenvalue weighted by Crippen LogP contribution is 2.33. The standard InChI is InChI=1S/C20H18FN3O6S/c21-12-1-7-18-16(9-12)17-10-13(2-8-19(17)23(18)11-20(25)26)22-31(29,30)15-5-3-14(4-6-15)24(27)28/h1,3-7,9,13,22H,2,8,10-11H2,(H,25,26). The third-order valence-electron chi connectivity index (χ3n) is 5.40. The lowest BCUT2D eigenvalue weighted by molar-refractivity contribution is -0.384. The molecule has 1 aliphatic rings. The Morgan fingerprint density at radius 2 is 1.97 bits per heavy atom. The maximum atomic E-state index is 13.9. The van der Waals surface area contributed by atoms with E-state index in [9.17, 15) is 32.8 Å². The van der Waals surface area contributed by atoms with Crippen LogP contribution in [0.25, 0.3) is 10.9 Å². The smallest absolute Gasteiger partial charge is 0.323 e. The molecule has 0 amide bonds. The lowest BCUT2D eigenvalue weighted by Crippen LogP contribution is -2.39. The number of nitro benzene ring substituents is 1. The summed E-state index contributed by atoms with van der Waals surface area (Å²) in [6.45, 7) is -0.267. The number of hydrogen-bond acceptors (Lipinski definition) is 5. The van der Waals surface area contributed by atoms with Crippen LogP contribution in [0.3, 0.4) is 0 Å². The number of aliphatic carboxylic acids is 1. The number of hydrogen-bond donors (Lipinski definition) is 2. The maximum absolute atomic E-state index is 13.9. The van der Waals surface area contributed by atoms with Gasteiger partial charge in [-0.3, -0.25) is 14.9 Å². The number of nitrogens with one attached hydrogen (secondary N) is 1. The van der Waals surface area contributed by atoms with Crippen LogP contribution in [0, 0.1) is 15.9 Å². The fourth-order valence-electron chi connectivity index (χ4n) is 4.07. The summed E-state index contributed by atoms with van der Waals surface area (Å²) in [5, 5.41) is 20.6. The third kappa shape index (κ3) is 4.01. The highest BCUT2D eigenvalue weighted by Gasteiger charge is 2.29. The van der Waals surface area contributed by atoms with E-state index in [-0.39, 0.29) is 23.5 Å². The molecule has 11 heteroatoms. The summed E-state index contributed by atoms with van der Waals surface area (Å²) in [5.74, 6) is -1.48. The van der Waals surface area contributed by atoms with Crippen LogP contribution in [-0.4, -0.2) is 35.0 Å². The van der Waals surface area contributed by atoms with Crippen molar-refractivity contribution >= 4 is 32.6 Å². The number of aromatic nitrogens is 1. The Labute approximate surface area is 176 Å². The summed E-state index contributed by atoms with van der Waals surface area (Å²) >= 11 is 0. The fraction of sp³-hybridized carbons (Fsp3) is 0.250. The topological polar surface area (TPSA) is 132 Å². The summed E-state index contributed by atoms with van der Waals surface area (Å²) in [6.07, 6.45) is 1.12. The molecular formula is C20H18FN3O6S. The first-order valence-electron chi connectivity index (χ1n) is 9.44. The molecule has 1 aromatic heterocycles. The summed E-state index contributed by atoms with van der Waals surface area (Å²) in [7, 11) is -3.93. The van der Waals surface area contributed by atoms with Gasteiger partial charge in [-0.25, -0.2) is 17.5 Å². The van der Waals surface area contributed by atoms with E-state index in [0.29, 0.717) is 23.7 Å². The molecule has 1 heterocycles. The zero-order valence-electron chi connectivity index (χ0n) is 16.1. The highest BCUT2D eigenvalue weighted by atomic mass is 32.2. The normalized spacial score (nSPS) is 16.2. The largest absolute Gasteiger partial charge is 0.480 e. The second-order valence-corrected chi connectivity index (χ2v) is 9.09. The number of nitro groups is 1.